The lowest BCUT2D eigenvalue weighted by molar-refractivity contribution is -0.143. The molecule has 0 saturated carbocycles. The van der Waals surface area contributed by atoms with E-state index in [9.17, 15) is 9.59 Å². The Morgan fingerprint density at radius 1 is 1.28 bits per heavy atom. The fraction of sp³-hybridized carbons (Fsp3) is 0.421. The Hall–Kier alpha value is -2.63. The molecule has 132 valence electrons. The second-order valence-corrected chi connectivity index (χ2v) is 6.63. The summed E-state index contributed by atoms with van der Waals surface area (Å²) in [5.41, 5.74) is 2.23. The van der Waals surface area contributed by atoms with E-state index >= 15 is 0 Å². The van der Waals surface area contributed by atoms with Gasteiger partial charge in [0.25, 0.3) is 0 Å². The predicted molar refractivity (Wildman–Crippen MR) is 95.8 cm³/mol. The molecule has 1 N–H and O–H groups in total. The average molecular weight is 340 g/mol. The third kappa shape index (κ3) is 3.57. The molecule has 3 rings (SSSR count). The fourth-order valence-corrected chi connectivity index (χ4v) is 3.14. The van der Waals surface area contributed by atoms with E-state index in [0.717, 1.165) is 17.5 Å². The smallest absolute Gasteiger partial charge is 0.248 e. The van der Waals surface area contributed by atoms with Gasteiger partial charge in [-0.1, -0.05) is 38.1 Å². The number of benzene rings is 1. The van der Waals surface area contributed by atoms with Gasteiger partial charge in [-0.15, -0.1) is 0 Å². The second-order valence-electron chi connectivity index (χ2n) is 6.63. The molecule has 6 heteroatoms. The van der Waals surface area contributed by atoms with Crippen molar-refractivity contribution >= 4 is 17.6 Å². The van der Waals surface area contributed by atoms with Gasteiger partial charge < -0.3 is 10.2 Å². The first-order chi connectivity index (χ1) is 12.0. The Morgan fingerprint density at radius 3 is 2.64 bits per heavy atom. The van der Waals surface area contributed by atoms with Gasteiger partial charge in [0.1, 0.15) is 6.04 Å². The van der Waals surface area contributed by atoms with Gasteiger partial charge in [0.05, 0.1) is 0 Å². The van der Waals surface area contributed by atoms with Crippen molar-refractivity contribution in [1.82, 2.24) is 14.7 Å². The lowest BCUT2D eigenvalue weighted by Gasteiger charge is -2.37. The summed E-state index contributed by atoms with van der Waals surface area (Å²) < 4.78 is 1.63. The summed E-state index contributed by atoms with van der Waals surface area (Å²) in [5.74, 6) is 0.237. The Bertz CT molecular complexity index is 783. The molecule has 0 fully saturated rings. The van der Waals surface area contributed by atoms with E-state index in [0.29, 0.717) is 18.8 Å². The normalized spacial score (nSPS) is 17.7. The van der Waals surface area contributed by atoms with E-state index in [4.69, 9.17) is 0 Å². The standard InChI is InChI=1S/C19H24N4O2/c1-4-13(2)19(25)23-12-15-8-6-5-7-14(15)11-16(23)18(24)20-17-9-10-22(3)21-17/h5-10,13,16H,4,11-12H2,1-3H3,(H,20,21,24). The number of aryl methyl sites for hydroxylation is 1. The van der Waals surface area contributed by atoms with Crippen LogP contribution in [0.15, 0.2) is 36.5 Å². The van der Waals surface area contributed by atoms with E-state index in [2.05, 4.69) is 10.4 Å². The number of nitrogens with zero attached hydrogens (tertiary/aromatic N) is 3. The molecule has 1 aromatic carbocycles. The molecule has 25 heavy (non-hydrogen) atoms. The molecule has 2 atom stereocenters. The number of nitrogens with one attached hydrogen (secondary N) is 1. The molecular weight excluding hydrogens is 316 g/mol. The van der Waals surface area contributed by atoms with Crippen LogP contribution in [0.25, 0.3) is 0 Å². The third-order valence-corrected chi connectivity index (χ3v) is 4.83. The maximum Gasteiger partial charge on any atom is 0.248 e. The van der Waals surface area contributed by atoms with Crippen LogP contribution in [0.4, 0.5) is 5.82 Å². The van der Waals surface area contributed by atoms with Crippen molar-refractivity contribution in [2.45, 2.75) is 39.3 Å². The molecule has 0 spiro atoms. The van der Waals surface area contributed by atoms with Crippen LogP contribution in [-0.4, -0.2) is 32.5 Å². The van der Waals surface area contributed by atoms with Crippen LogP contribution in [0.5, 0.6) is 0 Å². The lowest BCUT2D eigenvalue weighted by Crippen LogP contribution is -2.52. The maximum atomic E-state index is 12.9. The Balaban J connectivity index is 1.87. The number of amides is 2. The molecule has 2 heterocycles. The highest BCUT2D eigenvalue weighted by Gasteiger charge is 2.36. The number of hydrogen-bond donors (Lipinski definition) is 1. The molecule has 1 aliphatic rings. The van der Waals surface area contributed by atoms with Crippen LogP contribution < -0.4 is 5.32 Å². The average Bonchev–Trinajstić information content (AvgIpc) is 3.03. The summed E-state index contributed by atoms with van der Waals surface area (Å²) in [6, 6.07) is 9.23. The third-order valence-electron chi connectivity index (χ3n) is 4.83. The highest BCUT2D eigenvalue weighted by Crippen LogP contribution is 2.26. The summed E-state index contributed by atoms with van der Waals surface area (Å²) in [7, 11) is 1.80. The van der Waals surface area contributed by atoms with E-state index in [-0.39, 0.29) is 17.7 Å². The van der Waals surface area contributed by atoms with Crippen LogP contribution in [0.1, 0.15) is 31.4 Å². The van der Waals surface area contributed by atoms with Crippen LogP contribution in [0.3, 0.4) is 0 Å². The molecule has 2 amide bonds. The number of anilines is 1. The molecule has 0 radical (unpaired) electrons. The molecule has 0 saturated heterocycles. The minimum absolute atomic E-state index is 0.0261. The van der Waals surface area contributed by atoms with E-state index in [1.54, 1.807) is 28.9 Å². The van der Waals surface area contributed by atoms with Crippen molar-refractivity contribution in [3.63, 3.8) is 0 Å². The van der Waals surface area contributed by atoms with Gasteiger partial charge in [-0.25, -0.2) is 0 Å². The number of aromatic nitrogens is 2. The van der Waals surface area contributed by atoms with Crippen LogP contribution in [0, 0.1) is 5.92 Å². The monoisotopic (exact) mass is 340 g/mol. The number of fused-ring (bicyclic) bond motifs is 1. The molecule has 6 nitrogen and oxygen atoms in total. The Labute approximate surface area is 147 Å². The largest absolute Gasteiger partial charge is 0.326 e. The van der Waals surface area contributed by atoms with Crippen molar-refractivity contribution in [3.8, 4) is 0 Å². The van der Waals surface area contributed by atoms with E-state index in [1.165, 1.54) is 0 Å². The van der Waals surface area contributed by atoms with Gasteiger partial charge in [-0.2, -0.15) is 5.10 Å². The number of hydrogen-bond acceptors (Lipinski definition) is 3. The van der Waals surface area contributed by atoms with Crippen molar-refractivity contribution in [2.75, 3.05) is 5.32 Å². The first kappa shape index (κ1) is 17.2. The van der Waals surface area contributed by atoms with Gasteiger partial charge in [0.2, 0.25) is 11.8 Å². The molecule has 2 aromatic rings. The predicted octanol–water partition coefficient (Wildman–Crippen LogP) is 2.36. The van der Waals surface area contributed by atoms with Crippen LogP contribution in [0.2, 0.25) is 0 Å². The maximum absolute atomic E-state index is 12.9. The van der Waals surface area contributed by atoms with Gasteiger partial charge in [0.15, 0.2) is 5.82 Å². The van der Waals surface area contributed by atoms with Crippen LogP contribution >= 0.6 is 0 Å². The first-order valence-corrected chi connectivity index (χ1v) is 8.67. The lowest BCUT2D eigenvalue weighted by atomic mass is 9.92. The summed E-state index contributed by atoms with van der Waals surface area (Å²) in [6.07, 6.45) is 3.05. The summed E-state index contributed by atoms with van der Waals surface area (Å²) in [5, 5.41) is 7.03. The molecule has 0 bridgehead atoms. The first-order valence-electron chi connectivity index (χ1n) is 8.67. The minimum Gasteiger partial charge on any atom is -0.326 e. The zero-order chi connectivity index (χ0) is 18.0. The highest BCUT2D eigenvalue weighted by molar-refractivity contribution is 5.97. The Kier molecular flexibility index (Phi) is 4.88. The number of rotatable bonds is 4. The van der Waals surface area contributed by atoms with Crippen molar-refractivity contribution < 1.29 is 9.59 Å². The molecule has 1 aliphatic heterocycles. The number of carbonyl (C=O) groups excluding carboxylic acids is 2. The van der Waals surface area contributed by atoms with Crippen molar-refractivity contribution in [3.05, 3.63) is 47.7 Å². The quantitative estimate of drug-likeness (QED) is 0.929. The zero-order valence-electron chi connectivity index (χ0n) is 14.9. The molecule has 2 unspecified atom stereocenters. The van der Waals surface area contributed by atoms with Gasteiger partial charge in [0, 0.05) is 38.2 Å². The van der Waals surface area contributed by atoms with Gasteiger partial charge >= 0.3 is 0 Å². The molecular formula is C19H24N4O2. The molecule has 1 aromatic heterocycles. The van der Waals surface area contributed by atoms with Gasteiger partial charge in [-0.3, -0.25) is 14.3 Å². The summed E-state index contributed by atoms with van der Waals surface area (Å²) in [6.45, 7) is 4.37. The fourth-order valence-electron chi connectivity index (χ4n) is 3.14. The van der Waals surface area contributed by atoms with Crippen molar-refractivity contribution in [2.24, 2.45) is 13.0 Å². The summed E-state index contributed by atoms with van der Waals surface area (Å²) >= 11 is 0. The van der Waals surface area contributed by atoms with Crippen LogP contribution in [-0.2, 0) is 29.6 Å². The van der Waals surface area contributed by atoms with Gasteiger partial charge in [-0.05, 0) is 17.5 Å². The topological polar surface area (TPSA) is 67.2 Å². The molecule has 0 aliphatic carbocycles. The Morgan fingerprint density at radius 2 is 2.00 bits per heavy atom. The van der Waals surface area contributed by atoms with E-state index < -0.39 is 6.04 Å². The number of carbonyl (C=O) groups is 2. The SMILES string of the molecule is CCC(C)C(=O)N1Cc2ccccc2CC1C(=O)Nc1ccn(C)n1. The zero-order valence-corrected chi connectivity index (χ0v) is 14.9. The van der Waals surface area contributed by atoms with E-state index in [1.807, 2.05) is 38.1 Å². The van der Waals surface area contributed by atoms with Crippen molar-refractivity contribution in [1.29, 1.82) is 0 Å². The highest BCUT2D eigenvalue weighted by atomic mass is 16.2. The second kappa shape index (κ2) is 7.09. The minimum atomic E-state index is -0.515. The summed E-state index contributed by atoms with van der Waals surface area (Å²) in [4.78, 5) is 27.4.